The molecule has 0 amide bonds. The summed E-state index contributed by atoms with van der Waals surface area (Å²) >= 11 is 0. The van der Waals surface area contributed by atoms with Crippen LogP contribution in [-0.2, 0) is 28.0 Å². The smallest absolute Gasteiger partial charge is 0.327 e. The first-order valence-corrected chi connectivity index (χ1v) is 7.81. The maximum atomic E-state index is 11.4. The van der Waals surface area contributed by atoms with Gasteiger partial charge in [-0.05, 0) is 0 Å². The van der Waals surface area contributed by atoms with Crippen molar-refractivity contribution in [2.75, 3.05) is 12.4 Å². The van der Waals surface area contributed by atoms with E-state index in [1.165, 1.54) is 18.1 Å². The first kappa shape index (κ1) is 16.9. The van der Waals surface area contributed by atoms with E-state index in [2.05, 4.69) is 50.9 Å². The van der Waals surface area contributed by atoms with Crippen LogP contribution in [0.3, 0.4) is 0 Å². The van der Waals surface area contributed by atoms with Crippen molar-refractivity contribution < 1.29 is 13.9 Å². The number of fused-ring (bicyclic) bond motifs is 1. The van der Waals surface area contributed by atoms with Crippen molar-refractivity contribution in [2.24, 2.45) is 0 Å². The number of anilines is 1. The summed E-state index contributed by atoms with van der Waals surface area (Å²) in [7, 11) is 1.33. The Labute approximate surface area is 144 Å². The van der Waals surface area contributed by atoms with E-state index >= 15 is 0 Å². The number of nitrogens with one attached hydrogen (secondary N) is 1. The van der Waals surface area contributed by atoms with Crippen LogP contribution >= 0.6 is 0 Å². The maximum Gasteiger partial charge on any atom is 0.327 e. The Balaban J connectivity index is 1.78. The minimum Gasteiger partial charge on any atom is -0.468 e. The van der Waals surface area contributed by atoms with Gasteiger partial charge in [0, 0.05) is 5.41 Å². The van der Waals surface area contributed by atoms with Gasteiger partial charge in [-0.25, -0.2) is 19.6 Å². The number of ether oxygens (including phenoxy) is 1. The van der Waals surface area contributed by atoms with Crippen LogP contribution in [0.25, 0.3) is 11.0 Å². The van der Waals surface area contributed by atoms with E-state index < -0.39 is 5.97 Å². The van der Waals surface area contributed by atoms with Gasteiger partial charge in [-0.3, -0.25) is 4.79 Å². The van der Waals surface area contributed by atoms with Gasteiger partial charge in [-0.15, -0.1) is 0 Å². The van der Waals surface area contributed by atoms with E-state index in [0.717, 1.165) is 5.76 Å². The number of aromatic nitrogens is 5. The van der Waals surface area contributed by atoms with Crippen molar-refractivity contribution in [2.45, 2.75) is 39.3 Å². The quantitative estimate of drug-likeness (QED) is 0.699. The first-order chi connectivity index (χ1) is 11.9. The van der Waals surface area contributed by atoms with E-state index in [-0.39, 0.29) is 12.0 Å². The summed E-state index contributed by atoms with van der Waals surface area (Å²) in [4.78, 5) is 24.1. The summed E-state index contributed by atoms with van der Waals surface area (Å²) in [5.74, 6) is 1.59. The summed E-state index contributed by atoms with van der Waals surface area (Å²) in [6.45, 7) is 6.56. The molecule has 9 heteroatoms. The summed E-state index contributed by atoms with van der Waals surface area (Å²) in [6, 6.07) is 0. The Kier molecular flexibility index (Phi) is 4.39. The lowest BCUT2D eigenvalue weighted by Gasteiger charge is -2.13. The fraction of sp³-hybridized carbons (Fsp3) is 0.438. The molecule has 1 N–H and O–H groups in total. The zero-order valence-corrected chi connectivity index (χ0v) is 14.6. The third-order valence-corrected chi connectivity index (χ3v) is 3.64. The third kappa shape index (κ3) is 3.59. The van der Waals surface area contributed by atoms with Crippen LogP contribution in [0.5, 0.6) is 0 Å². The number of oxazole rings is 1. The van der Waals surface area contributed by atoms with Gasteiger partial charge in [0.15, 0.2) is 5.65 Å². The predicted octanol–water partition coefficient (Wildman–Crippen LogP) is 1.90. The van der Waals surface area contributed by atoms with E-state index in [4.69, 9.17) is 4.42 Å². The van der Waals surface area contributed by atoms with Gasteiger partial charge >= 0.3 is 5.97 Å². The Bertz CT molecular complexity index is 893. The molecule has 3 rings (SSSR count). The number of carbonyl (C=O) groups excluding carboxylic acids is 1. The number of methoxy groups -OCH3 is 1. The summed E-state index contributed by atoms with van der Waals surface area (Å²) < 4.78 is 11.9. The molecule has 0 unspecified atom stereocenters. The molecule has 9 nitrogen and oxygen atoms in total. The average molecular weight is 344 g/mol. The molecule has 0 saturated carbocycles. The predicted molar refractivity (Wildman–Crippen MR) is 89.9 cm³/mol. The van der Waals surface area contributed by atoms with Crippen molar-refractivity contribution in [3.63, 3.8) is 0 Å². The fourth-order valence-corrected chi connectivity index (χ4v) is 2.23. The highest BCUT2D eigenvalue weighted by atomic mass is 16.5. The molecule has 25 heavy (non-hydrogen) atoms. The maximum absolute atomic E-state index is 11.4. The Morgan fingerprint density at radius 3 is 2.76 bits per heavy atom. The fourth-order valence-electron chi connectivity index (χ4n) is 2.23. The molecule has 0 bridgehead atoms. The van der Waals surface area contributed by atoms with Crippen LogP contribution in [0, 0.1) is 0 Å². The number of rotatable bonds is 5. The topological polar surface area (TPSA) is 108 Å². The highest BCUT2D eigenvalue weighted by Crippen LogP contribution is 2.23. The normalized spacial score (nSPS) is 11.7. The molecular formula is C16H20N6O3. The minimum atomic E-state index is -0.396. The lowest BCUT2D eigenvalue weighted by molar-refractivity contribution is -0.141. The monoisotopic (exact) mass is 344 g/mol. The van der Waals surface area contributed by atoms with Gasteiger partial charge in [0.1, 0.15) is 24.5 Å². The van der Waals surface area contributed by atoms with Gasteiger partial charge in [-0.2, -0.15) is 5.10 Å². The van der Waals surface area contributed by atoms with Gasteiger partial charge in [0.05, 0.1) is 31.4 Å². The Hall–Kier alpha value is -2.97. The van der Waals surface area contributed by atoms with Crippen molar-refractivity contribution in [1.29, 1.82) is 0 Å². The molecule has 132 valence electrons. The molecule has 0 saturated heterocycles. The second kappa shape index (κ2) is 6.50. The number of hydrogen-bond acceptors (Lipinski definition) is 8. The van der Waals surface area contributed by atoms with Gasteiger partial charge in [0.25, 0.3) is 0 Å². The lowest BCUT2D eigenvalue weighted by Crippen LogP contribution is -2.13. The van der Waals surface area contributed by atoms with Crippen molar-refractivity contribution in [3.8, 4) is 0 Å². The molecule has 3 heterocycles. The van der Waals surface area contributed by atoms with Crippen LogP contribution in [0.1, 0.15) is 32.4 Å². The summed E-state index contributed by atoms with van der Waals surface area (Å²) in [6.07, 6.45) is 4.76. The lowest BCUT2D eigenvalue weighted by atomic mass is 9.94. The molecule has 3 aromatic rings. The number of esters is 1. The molecule has 0 radical (unpaired) electrons. The largest absolute Gasteiger partial charge is 0.468 e. The minimum absolute atomic E-state index is 0.00879. The van der Waals surface area contributed by atoms with Gasteiger partial charge in [-0.1, -0.05) is 20.8 Å². The molecule has 0 aliphatic carbocycles. The number of hydrogen-bond donors (Lipinski definition) is 1. The standard InChI is InChI=1S/C16H20N6O3/c1-16(2,3)11-6-17-12(25-11)7-18-14-10-5-21-22(8-13(23)24-4)15(10)20-9-19-14/h5-6,9H,7-8H2,1-4H3,(H,18,19,20). The van der Waals surface area contributed by atoms with Gasteiger partial charge < -0.3 is 14.5 Å². The van der Waals surface area contributed by atoms with Crippen molar-refractivity contribution in [1.82, 2.24) is 24.7 Å². The second-order valence-corrected chi connectivity index (χ2v) is 6.56. The van der Waals surface area contributed by atoms with Crippen molar-refractivity contribution in [3.05, 3.63) is 30.4 Å². The average Bonchev–Trinajstić information content (AvgIpc) is 3.20. The zero-order chi connectivity index (χ0) is 18.0. The molecule has 0 atom stereocenters. The van der Waals surface area contributed by atoms with E-state index in [1.807, 2.05) is 0 Å². The molecular weight excluding hydrogens is 324 g/mol. The zero-order valence-electron chi connectivity index (χ0n) is 14.6. The molecule has 0 aliphatic heterocycles. The van der Waals surface area contributed by atoms with Crippen LogP contribution in [0.2, 0.25) is 0 Å². The second-order valence-electron chi connectivity index (χ2n) is 6.56. The van der Waals surface area contributed by atoms with Crippen LogP contribution in [-0.4, -0.2) is 37.8 Å². The summed E-state index contributed by atoms with van der Waals surface area (Å²) in [5.41, 5.74) is 0.452. The Morgan fingerprint density at radius 2 is 2.08 bits per heavy atom. The SMILES string of the molecule is COC(=O)Cn1ncc2c(NCc3ncc(C(C)(C)C)o3)ncnc21. The van der Waals surface area contributed by atoms with E-state index in [1.54, 1.807) is 12.4 Å². The van der Waals surface area contributed by atoms with Crippen LogP contribution < -0.4 is 5.32 Å². The highest BCUT2D eigenvalue weighted by Gasteiger charge is 2.19. The van der Waals surface area contributed by atoms with Gasteiger partial charge in [0.2, 0.25) is 5.89 Å². The number of nitrogens with zero attached hydrogens (tertiary/aromatic N) is 5. The van der Waals surface area contributed by atoms with Crippen molar-refractivity contribution >= 4 is 22.8 Å². The number of carbonyl (C=O) groups is 1. The molecule has 0 fully saturated rings. The first-order valence-electron chi connectivity index (χ1n) is 7.81. The molecule has 0 spiro atoms. The van der Waals surface area contributed by atoms with E-state index in [9.17, 15) is 4.79 Å². The third-order valence-electron chi connectivity index (χ3n) is 3.64. The van der Waals surface area contributed by atoms with E-state index in [0.29, 0.717) is 29.3 Å². The molecule has 0 aromatic carbocycles. The van der Waals surface area contributed by atoms with Crippen LogP contribution in [0.15, 0.2) is 23.1 Å². The molecule has 3 aromatic heterocycles. The Morgan fingerprint density at radius 1 is 1.28 bits per heavy atom. The van der Waals surface area contributed by atoms with Crippen LogP contribution in [0.4, 0.5) is 5.82 Å². The molecule has 0 aliphatic rings. The highest BCUT2D eigenvalue weighted by molar-refractivity contribution is 5.86. The summed E-state index contributed by atoms with van der Waals surface area (Å²) in [5, 5.41) is 8.04.